The van der Waals surface area contributed by atoms with Crippen molar-refractivity contribution in [2.75, 3.05) is 33.2 Å². The number of hydrogen-bond acceptors (Lipinski definition) is 11. The number of rotatable bonds is 20. The van der Waals surface area contributed by atoms with Gasteiger partial charge < -0.3 is 43.6 Å². The number of aryl methyl sites for hydroxylation is 1. The zero-order valence-electron chi connectivity index (χ0n) is 34.9. The third-order valence-electron chi connectivity index (χ3n) is 12.7. The second-order valence-corrected chi connectivity index (χ2v) is 16.7. The maximum atomic E-state index is 14.8. The molecule has 8 rings (SSSR count). The quantitative estimate of drug-likeness (QED) is 0.0660. The summed E-state index contributed by atoms with van der Waals surface area (Å²) >= 11 is 0. The molecule has 0 bridgehead atoms. The molecule has 2 fully saturated rings. The lowest BCUT2D eigenvalue weighted by atomic mass is 9.55. The number of allylic oxidation sites excluding steroid dienone is 1. The summed E-state index contributed by atoms with van der Waals surface area (Å²) < 4.78 is 32.5. The van der Waals surface area contributed by atoms with Crippen LogP contribution in [0.5, 0.6) is 23.0 Å². The molecule has 6 atom stereocenters. The van der Waals surface area contributed by atoms with E-state index in [-0.39, 0.29) is 56.2 Å². The van der Waals surface area contributed by atoms with Crippen LogP contribution in [0.25, 0.3) is 0 Å². The molecular weight excluding hydrogens is 763 g/mol. The molecular formula is C48H59N3O9. The molecule has 2 aromatic carbocycles. The molecule has 12 nitrogen and oxygen atoms in total. The number of aliphatic hydroxyl groups is 2. The Balaban J connectivity index is 1.30. The lowest BCUT2D eigenvalue weighted by Gasteiger charge is -2.60. The number of hydrogen-bond donors (Lipinski definition) is 2. The van der Waals surface area contributed by atoms with Crippen LogP contribution in [-0.2, 0) is 27.5 Å². The smallest absolute Gasteiger partial charge is 0.239 e. The first-order valence-corrected chi connectivity index (χ1v) is 21.8. The van der Waals surface area contributed by atoms with Gasteiger partial charge in [0.1, 0.15) is 30.8 Å². The lowest BCUT2D eigenvalue weighted by Crippen LogP contribution is -2.70. The van der Waals surface area contributed by atoms with Gasteiger partial charge >= 0.3 is 0 Å². The summed E-state index contributed by atoms with van der Waals surface area (Å²) in [7, 11) is 0. The minimum Gasteiger partial charge on any atom is -0.487 e. The van der Waals surface area contributed by atoms with Crippen LogP contribution in [0, 0.1) is 30.6 Å². The first-order valence-electron chi connectivity index (χ1n) is 21.8. The zero-order chi connectivity index (χ0) is 41.6. The number of fused-ring (bicyclic) bond motifs is 3. The highest BCUT2D eigenvalue weighted by Gasteiger charge is 2.66. The number of oxime groups is 1. The predicted octanol–water partition coefficient (Wildman–Crippen LogP) is 7.79. The van der Waals surface area contributed by atoms with Gasteiger partial charge in [0.15, 0.2) is 11.5 Å². The van der Waals surface area contributed by atoms with Crippen LogP contribution in [0.15, 0.2) is 84.1 Å². The van der Waals surface area contributed by atoms with Gasteiger partial charge in [0.25, 0.3) is 0 Å². The summed E-state index contributed by atoms with van der Waals surface area (Å²) in [4.78, 5) is 27.4. The third-order valence-corrected chi connectivity index (χ3v) is 12.7. The van der Waals surface area contributed by atoms with Gasteiger partial charge in [-0.25, -0.2) is 0 Å². The number of aromatic nitrogens is 1. The van der Waals surface area contributed by atoms with Crippen molar-refractivity contribution in [3.05, 3.63) is 101 Å². The highest BCUT2D eigenvalue weighted by atomic mass is 16.7. The first kappa shape index (κ1) is 41.8. The van der Waals surface area contributed by atoms with Gasteiger partial charge in [-0.3, -0.25) is 9.78 Å². The lowest BCUT2D eigenvalue weighted by molar-refractivity contribution is -0.258. The van der Waals surface area contributed by atoms with E-state index in [0.717, 1.165) is 72.3 Å². The van der Waals surface area contributed by atoms with Crippen LogP contribution in [0.2, 0.25) is 0 Å². The zero-order valence-corrected chi connectivity index (χ0v) is 34.9. The number of benzene rings is 2. The standard InChI is InChI=1S/C48H59N3O9/c1-4-23-58-48-44(51(47(54)33-16-17-33)28-32-15-19-42-43(24-32)57-30-56-42)27-40(50-59-5-2)38-25-34(12-6-8-21-52)37(14-7-9-22-53)45(46(38)48)39-26-36(18-20-41(39)60-48)55-29-35-13-10-11-31(3)49-35/h4,10-11,13,15,18-20,24-26,33-34,37,44-46,52-53H,1,5-9,12,14,16-17,21-23,27-30H2,2-3H3/t34-,37+,44-,45+,46+,48+/m0/s1. The van der Waals surface area contributed by atoms with Gasteiger partial charge in [-0.05, 0) is 118 Å². The van der Waals surface area contributed by atoms with E-state index < -0.39 is 17.7 Å². The monoisotopic (exact) mass is 821 g/mol. The highest BCUT2D eigenvalue weighted by molar-refractivity contribution is 6.03. The second-order valence-electron chi connectivity index (χ2n) is 16.7. The van der Waals surface area contributed by atoms with Crippen LogP contribution in [-0.4, -0.2) is 76.8 Å². The second kappa shape index (κ2) is 18.8. The van der Waals surface area contributed by atoms with Crippen LogP contribution in [0.4, 0.5) is 0 Å². The fourth-order valence-electron chi connectivity index (χ4n) is 9.86. The molecule has 2 saturated carbocycles. The molecule has 3 heterocycles. The predicted molar refractivity (Wildman–Crippen MR) is 226 cm³/mol. The van der Waals surface area contributed by atoms with E-state index in [1.807, 2.05) is 67.3 Å². The third kappa shape index (κ3) is 8.64. The fraction of sp³-hybridized carbons (Fsp3) is 0.521. The summed E-state index contributed by atoms with van der Waals surface area (Å²) in [5, 5.41) is 24.7. The molecule has 0 unspecified atom stereocenters. The number of ether oxygens (including phenoxy) is 5. The minimum atomic E-state index is -1.34. The normalized spacial score (nSPS) is 25.4. The molecule has 5 aliphatic rings. The molecule has 320 valence electrons. The molecule has 1 amide bonds. The van der Waals surface area contributed by atoms with E-state index in [1.54, 1.807) is 6.08 Å². The molecule has 1 aromatic heterocycles. The maximum Gasteiger partial charge on any atom is 0.239 e. The number of carbonyl (C=O) groups excluding carboxylic acids is 1. The number of pyridine rings is 1. The van der Waals surface area contributed by atoms with Gasteiger partial charge in [-0.15, -0.1) is 6.58 Å². The minimum absolute atomic E-state index is 0.0547. The largest absolute Gasteiger partial charge is 0.487 e. The molecule has 3 aromatic rings. The van der Waals surface area contributed by atoms with Crippen LogP contribution < -0.4 is 18.9 Å². The maximum absolute atomic E-state index is 14.8. The summed E-state index contributed by atoms with van der Waals surface area (Å²) in [5.41, 5.74) is 5.46. The molecule has 2 aliphatic heterocycles. The summed E-state index contributed by atoms with van der Waals surface area (Å²) in [6.45, 7) is 9.53. The van der Waals surface area contributed by atoms with Crippen molar-refractivity contribution in [3.63, 3.8) is 0 Å². The van der Waals surface area contributed by atoms with E-state index in [9.17, 15) is 15.0 Å². The van der Waals surface area contributed by atoms with E-state index in [0.29, 0.717) is 62.0 Å². The van der Waals surface area contributed by atoms with Gasteiger partial charge in [0.05, 0.1) is 23.9 Å². The number of unbranched alkanes of at least 4 members (excludes halogenated alkanes) is 2. The topological polar surface area (TPSA) is 141 Å². The summed E-state index contributed by atoms with van der Waals surface area (Å²) in [5.74, 6) is 0.987. The highest BCUT2D eigenvalue weighted by Crippen LogP contribution is 2.62. The molecule has 0 spiro atoms. The van der Waals surface area contributed by atoms with Gasteiger partial charge in [0, 0.05) is 49.3 Å². The van der Waals surface area contributed by atoms with Gasteiger partial charge in [-0.2, -0.15) is 0 Å². The van der Waals surface area contributed by atoms with Crippen molar-refractivity contribution in [3.8, 4) is 23.0 Å². The molecule has 0 saturated heterocycles. The van der Waals surface area contributed by atoms with E-state index >= 15 is 0 Å². The molecule has 60 heavy (non-hydrogen) atoms. The van der Waals surface area contributed by atoms with Crippen molar-refractivity contribution in [2.45, 2.75) is 103 Å². The Labute approximate surface area is 353 Å². The molecule has 2 N–H and O–H groups in total. The van der Waals surface area contributed by atoms with Crippen molar-refractivity contribution in [2.24, 2.45) is 28.8 Å². The van der Waals surface area contributed by atoms with Crippen molar-refractivity contribution < 1.29 is 43.5 Å². The van der Waals surface area contributed by atoms with Crippen LogP contribution >= 0.6 is 0 Å². The van der Waals surface area contributed by atoms with Crippen molar-refractivity contribution in [1.82, 2.24) is 9.88 Å². The van der Waals surface area contributed by atoms with Crippen LogP contribution in [0.1, 0.15) is 93.1 Å². The number of carbonyl (C=O) groups is 1. The molecule has 3 aliphatic carbocycles. The van der Waals surface area contributed by atoms with Crippen molar-refractivity contribution in [1.29, 1.82) is 0 Å². The SMILES string of the molecule is C=CCO[C@@]12Oc3ccc(OCc4cccc(C)n4)cc3[C@H]3[C@H](CCCCO)[C@@H](CCCCO)C=C(C(=NOCC)C[C@@H]1N(Cc1ccc4c(c1)OCO4)C(=O)C1CC1)[C@H]32. The Kier molecular flexibility index (Phi) is 13.1. The average molecular weight is 822 g/mol. The Bertz CT molecular complexity index is 2070. The first-order chi connectivity index (χ1) is 29.4. The summed E-state index contributed by atoms with van der Waals surface area (Å²) in [6, 6.07) is 17.2. The van der Waals surface area contributed by atoms with Crippen molar-refractivity contribution >= 4 is 11.6 Å². The van der Waals surface area contributed by atoms with Gasteiger partial charge in [0.2, 0.25) is 18.5 Å². The molecule has 0 radical (unpaired) electrons. The van der Waals surface area contributed by atoms with Crippen LogP contribution in [0.3, 0.4) is 0 Å². The van der Waals surface area contributed by atoms with E-state index in [1.165, 1.54) is 0 Å². The van der Waals surface area contributed by atoms with E-state index in [2.05, 4.69) is 23.7 Å². The Hall–Kier alpha value is -4.91. The Morgan fingerprint density at radius 2 is 1.82 bits per heavy atom. The van der Waals surface area contributed by atoms with E-state index in [4.69, 9.17) is 33.7 Å². The fourth-order valence-corrected chi connectivity index (χ4v) is 9.86. The summed E-state index contributed by atoms with van der Waals surface area (Å²) in [6.07, 6.45) is 10.9. The Morgan fingerprint density at radius 1 is 1.02 bits per heavy atom. The van der Waals surface area contributed by atoms with Gasteiger partial charge in [-0.1, -0.05) is 42.3 Å². The number of aliphatic hydroxyl groups excluding tert-OH is 2. The average Bonchev–Trinajstić information content (AvgIpc) is 4.01. The molecule has 12 heteroatoms. The Morgan fingerprint density at radius 3 is 2.58 bits per heavy atom. The number of amides is 1. The number of nitrogens with zero attached hydrogens (tertiary/aromatic N) is 3.